The first-order valence-electron chi connectivity index (χ1n) is 5.25. The molecule has 100 valence electrons. The summed E-state index contributed by atoms with van der Waals surface area (Å²) < 4.78 is 9.83. The molecule has 1 unspecified atom stereocenters. The first-order valence-corrected chi connectivity index (χ1v) is 5.25. The zero-order valence-corrected chi connectivity index (χ0v) is 10.2. The van der Waals surface area contributed by atoms with E-state index in [1.54, 1.807) is 0 Å². The molecule has 18 heavy (non-hydrogen) atoms. The van der Waals surface area contributed by atoms with Crippen LogP contribution in [0.5, 0.6) is 0 Å². The zero-order chi connectivity index (χ0) is 13.7. The van der Waals surface area contributed by atoms with Crippen molar-refractivity contribution in [1.82, 2.24) is 0 Å². The van der Waals surface area contributed by atoms with Crippen LogP contribution in [0, 0.1) is 0 Å². The second kappa shape index (κ2) is 6.46. The Kier molecular flexibility index (Phi) is 5.24. The summed E-state index contributed by atoms with van der Waals surface area (Å²) in [6, 6.07) is 4.10. The molecule has 0 aromatic heterocycles. The minimum atomic E-state index is -1.18. The van der Waals surface area contributed by atoms with Crippen molar-refractivity contribution in [2.45, 2.75) is 19.0 Å². The summed E-state index contributed by atoms with van der Waals surface area (Å²) in [5.41, 5.74) is 0.713. The van der Waals surface area contributed by atoms with Gasteiger partial charge in [0.25, 0.3) is 0 Å². The Balaban J connectivity index is 3.18. The van der Waals surface area contributed by atoms with Gasteiger partial charge in [-0.3, -0.25) is 0 Å². The number of carbonyl (C=O) groups is 1. The molecule has 0 saturated carbocycles. The SMILES string of the molecule is COC(OC)C(O)c1cc(C(=O)O)ccc1CO. The number of hydrogen-bond acceptors (Lipinski definition) is 5. The Morgan fingerprint density at radius 3 is 2.39 bits per heavy atom. The lowest BCUT2D eigenvalue weighted by atomic mass is 9.99. The number of carboxylic acid groups (broad SMARTS) is 1. The number of rotatable bonds is 6. The zero-order valence-electron chi connectivity index (χ0n) is 10.2. The van der Waals surface area contributed by atoms with Crippen LogP contribution in [-0.2, 0) is 16.1 Å². The maximum absolute atomic E-state index is 10.9. The average molecular weight is 256 g/mol. The van der Waals surface area contributed by atoms with Gasteiger partial charge < -0.3 is 24.8 Å². The number of benzene rings is 1. The van der Waals surface area contributed by atoms with E-state index in [0.29, 0.717) is 5.56 Å². The second-order valence-corrected chi connectivity index (χ2v) is 3.66. The van der Waals surface area contributed by atoms with Crippen molar-refractivity contribution in [2.24, 2.45) is 0 Å². The molecular weight excluding hydrogens is 240 g/mol. The third kappa shape index (κ3) is 3.05. The van der Waals surface area contributed by atoms with Crippen molar-refractivity contribution >= 4 is 5.97 Å². The second-order valence-electron chi connectivity index (χ2n) is 3.66. The van der Waals surface area contributed by atoms with E-state index >= 15 is 0 Å². The molecule has 0 bridgehead atoms. The highest BCUT2D eigenvalue weighted by molar-refractivity contribution is 5.87. The topological polar surface area (TPSA) is 96.2 Å². The Morgan fingerprint density at radius 1 is 1.33 bits per heavy atom. The number of aliphatic hydroxyl groups is 2. The van der Waals surface area contributed by atoms with Gasteiger partial charge in [0.1, 0.15) is 6.10 Å². The van der Waals surface area contributed by atoms with E-state index in [1.807, 2.05) is 0 Å². The van der Waals surface area contributed by atoms with Crippen LogP contribution in [-0.4, -0.2) is 41.8 Å². The van der Waals surface area contributed by atoms with Gasteiger partial charge in [0.15, 0.2) is 6.29 Å². The van der Waals surface area contributed by atoms with Gasteiger partial charge in [0.05, 0.1) is 12.2 Å². The minimum Gasteiger partial charge on any atom is -0.478 e. The molecule has 1 aromatic carbocycles. The van der Waals surface area contributed by atoms with Crippen molar-refractivity contribution in [1.29, 1.82) is 0 Å². The van der Waals surface area contributed by atoms with Crippen LogP contribution in [0.2, 0.25) is 0 Å². The molecule has 0 aliphatic carbocycles. The van der Waals surface area contributed by atoms with Gasteiger partial charge in [0.2, 0.25) is 0 Å². The third-order valence-corrected chi connectivity index (χ3v) is 2.60. The number of hydrogen-bond donors (Lipinski definition) is 3. The summed E-state index contributed by atoms with van der Waals surface area (Å²) in [6.07, 6.45) is -2.11. The fourth-order valence-electron chi connectivity index (χ4n) is 1.65. The van der Waals surface area contributed by atoms with Gasteiger partial charge in [-0.15, -0.1) is 0 Å². The van der Waals surface area contributed by atoms with Crippen molar-refractivity contribution in [2.75, 3.05) is 14.2 Å². The van der Waals surface area contributed by atoms with E-state index in [2.05, 4.69) is 0 Å². The molecular formula is C12H16O6. The van der Waals surface area contributed by atoms with Crippen LogP contribution in [0.15, 0.2) is 18.2 Å². The van der Waals surface area contributed by atoms with E-state index in [-0.39, 0.29) is 17.7 Å². The number of methoxy groups -OCH3 is 2. The molecule has 0 fully saturated rings. The fraction of sp³-hybridized carbons (Fsp3) is 0.417. The van der Waals surface area contributed by atoms with Gasteiger partial charge in [-0.1, -0.05) is 6.07 Å². The summed E-state index contributed by atoms with van der Waals surface area (Å²) in [4.78, 5) is 10.9. The Bertz CT molecular complexity index is 413. The van der Waals surface area contributed by atoms with Crippen molar-refractivity contribution in [3.8, 4) is 0 Å². The van der Waals surface area contributed by atoms with Gasteiger partial charge in [-0.25, -0.2) is 4.79 Å². The molecule has 1 rings (SSSR count). The van der Waals surface area contributed by atoms with Crippen molar-refractivity contribution in [3.63, 3.8) is 0 Å². The summed E-state index contributed by atoms with van der Waals surface area (Å²) in [5, 5.41) is 28.1. The maximum atomic E-state index is 10.9. The lowest BCUT2D eigenvalue weighted by molar-refractivity contribution is -0.166. The van der Waals surface area contributed by atoms with E-state index in [4.69, 9.17) is 14.6 Å². The number of carboxylic acids is 1. The molecule has 3 N–H and O–H groups in total. The first kappa shape index (κ1) is 14.6. The minimum absolute atomic E-state index is 0.0206. The molecule has 0 heterocycles. The molecule has 0 amide bonds. The standard InChI is InChI=1S/C12H16O6/c1-17-12(18-2)10(14)9-5-7(11(15)16)3-4-8(9)6-13/h3-5,10,12-14H,6H2,1-2H3,(H,15,16). The van der Waals surface area contributed by atoms with Gasteiger partial charge in [-0.05, 0) is 23.3 Å². The van der Waals surface area contributed by atoms with Gasteiger partial charge >= 0.3 is 5.97 Å². The highest BCUT2D eigenvalue weighted by atomic mass is 16.7. The quantitative estimate of drug-likeness (QED) is 0.642. The van der Waals surface area contributed by atoms with Crippen LogP contribution >= 0.6 is 0 Å². The van der Waals surface area contributed by atoms with E-state index < -0.39 is 18.4 Å². The van der Waals surface area contributed by atoms with E-state index in [1.165, 1.54) is 32.4 Å². The van der Waals surface area contributed by atoms with E-state index in [0.717, 1.165) is 0 Å². The smallest absolute Gasteiger partial charge is 0.335 e. The highest BCUT2D eigenvalue weighted by Gasteiger charge is 2.23. The average Bonchev–Trinajstić information content (AvgIpc) is 2.39. The molecule has 6 heteroatoms. The number of ether oxygens (including phenoxy) is 2. The van der Waals surface area contributed by atoms with Crippen LogP contribution in [0.25, 0.3) is 0 Å². The molecule has 1 atom stereocenters. The molecule has 0 aliphatic rings. The molecule has 0 spiro atoms. The molecule has 0 saturated heterocycles. The molecule has 6 nitrogen and oxygen atoms in total. The molecule has 1 aromatic rings. The number of aromatic carboxylic acids is 1. The van der Waals surface area contributed by atoms with Crippen molar-refractivity contribution in [3.05, 3.63) is 34.9 Å². The summed E-state index contributed by atoms with van der Waals surface area (Å²) in [7, 11) is 2.72. The summed E-state index contributed by atoms with van der Waals surface area (Å²) in [6.45, 7) is -0.313. The Morgan fingerprint density at radius 2 is 1.94 bits per heavy atom. The lowest BCUT2D eigenvalue weighted by Crippen LogP contribution is -2.24. The first-order chi connectivity index (χ1) is 8.54. The van der Waals surface area contributed by atoms with Crippen LogP contribution in [0.4, 0.5) is 0 Å². The summed E-state index contributed by atoms with van der Waals surface area (Å²) >= 11 is 0. The predicted molar refractivity (Wildman–Crippen MR) is 62.1 cm³/mol. The van der Waals surface area contributed by atoms with E-state index in [9.17, 15) is 15.0 Å². The normalized spacial score (nSPS) is 12.7. The third-order valence-electron chi connectivity index (χ3n) is 2.60. The number of aliphatic hydroxyl groups excluding tert-OH is 2. The van der Waals surface area contributed by atoms with Crippen molar-refractivity contribution < 1.29 is 29.6 Å². The van der Waals surface area contributed by atoms with Gasteiger partial charge in [0, 0.05) is 14.2 Å². The maximum Gasteiger partial charge on any atom is 0.335 e. The highest BCUT2D eigenvalue weighted by Crippen LogP contribution is 2.24. The monoisotopic (exact) mass is 256 g/mol. The van der Waals surface area contributed by atoms with Crippen LogP contribution < -0.4 is 0 Å². The Hall–Kier alpha value is -1.47. The molecule has 0 radical (unpaired) electrons. The Labute approximate surface area is 104 Å². The molecule has 0 aliphatic heterocycles. The lowest BCUT2D eigenvalue weighted by Gasteiger charge is -2.22. The largest absolute Gasteiger partial charge is 0.478 e. The fourth-order valence-corrected chi connectivity index (χ4v) is 1.65. The predicted octanol–water partition coefficient (Wildman–Crippen LogP) is 0.529. The van der Waals surface area contributed by atoms with Crippen LogP contribution in [0.1, 0.15) is 27.6 Å². The van der Waals surface area contributed by atoms with Gasteiger partial charge in [-0.2, -0.15) is 0 Å². The van der Waals surface area contributed by atoms with Crippen LogP contribution in [0.3, 0.4) is 0 Å². The summed E-state index contributed by atoms with van der Waals surface area (Å²) in [5.74, 6) is -1.11.